The highest BCUT2D eigenvalue weighted by Gasteiger charge is 2.08. The number of carbonyl (C=O) groups is 1. The van der Waals surface area contributed by atoms with E-state index in [2.05, 4.69) is 11.9 Å². The van der Waals surface area contributed by atoms with Gasteiger partial charge in [-0.25, -0.2) is 4.79 Å². The molecule has 0 spiro atoms. The van der Waals surface area contributed by atoms with Crippen LogP contribution in [0.15, 0.2) is 12.2 Å². The normalized spacial score (nSPS) is 12.2. The number of nitrogens with one attached hydrogen (secondary N) is 1. The molecule has 4 nitrogen and oxygen atoms in total. The van der Waals surface area contributed by atoms with Crippen LogP contribution >= 0.6 is 0 Å². The first-order valence-electron chi connectivity index (χ1n) is 5.35. The van der Waals surface area contributed by atoms with Gasteiger partial charge in [0.05, 0.1) is 12.7 Å². The van der Waals surface area contributed by atoms with E-state index >= 15 is 0 Å². The second-order valence-corrected chi connectivity index (χ2v) is 3.40. The molecule has 0 fully saturated rings. The summed E-state index contributed by atoms with van der Waals surface area (Å²) in [6.07, 6.45) is 1.35. The zero-order valence-corrected chi connectivity index (χ0v) is 9.58. The van der Waals surface area contributed by atoms with E-state index in [4.69, 9.17) is 4.74 Å². The molecule has 2 N–H and O–H groups in total. The third-order valence-corrected chi connectivity index (χ3v) is 1.90. The van der Waals surface area contributed by atoms with E-state index in [9.17, 15) is 9.90 Å². The van der Waals surface area contributed by atoms with E-state index in [-0.39, 0.29) is 12.1 Å². The number of aliphatic hydroxyl groups is 1. The van der Waals surface area contributed by atoms with E-state index in [1.807, 2.05) is 6.92 Å². The van der Waals surface area contributed by atoms with E-state index in [0.717, 1.165) is 12.8 Å². The molecule has 0 aromatic rings. The third-order valence-electron chi connectivity index (χ3n) is 1.90. The summed E-state index contributed by atoms with van der Waals surface area (Å²) in [5.74, 6) is -0.380. The number of ether oxygens (including phenoxy) is 1. The molecular weight excluding hydrogens is 194 g/mol. The number of rotatable bonds is 8. The van der Waals surface area contributed by atoms with Crippen molar-refractivity contribution in [2.75, 3.05) is 19.7 Å². The number of hydrogen-bond acceptors (Lipinski definition) is 4. The topological polar surface area (TPSA) is 58.6 Å². The SMILES string of the molecule is C=C(CNCC(O)CCC)C(=O)OCC. The van der Waals surface area contributed by atoms with Crippen LogP contribution in [0.25, 0.3) is 0 Å². The van der Waals surface area contributed by atoms with Crippen LogP contribution in [0.2, 0.25) is 0 Å². The molecule has 0 radical (unpaired) electrons. The smallest absolute Gasteiger partial charge is 0.334 e. The van der Waals surface area contributed by atoms with Crippen LogP contribution < -0.4 is 5.32 Å². The second kappa shape index (κ2) is 8.44. The van der Waals surface area contributed by atoms with Gasteiger partial charge in [0.15, 0.2) is 0 Å². The van der Waals surface area contributed by atoms with Gasteiger partial charge in [-0.1, -0.05) is 19.9 Å². The van der Waals surface area contributed by atoms with Gasteiger partial charge in [-0.05, 0) is 13.3 Å². The first-order valence-corrected chi connectivity index (χ1v) is 5.35. The Kier molecular flexibility index (Phi) is 7.95. The van der Waals surface area contributed by atoms with Crippen molar-refractivity contribution in [3.05, 3.63) is 12.2 Å². The first kappa shape index (κ1) is 14.1. The summed E-state index contributed by atoms with van der Waals surface area (Å²) >= 11 is 0. The average Bonchev–Trinajstić information content (AvgIpc) is 2.18. The fourth-order valence-electron chi connectivity index (χ4n) is 1.13. The van der Waals surface area contributed by atoms with Gasteiger partial charge in [-0.3, -0.25) is 0 Å². The van der Waals surface area contributed by atoms with Crippen molar-refractivity contribution in [1.29, 1.82) is 0 Å². The van der Waals surface area contributed by atoms with Crippen molar-refractivity contribution in [3.63, 3.8) is 0 Å². The Hall–Kier alpha value is -0.870. The van der Waals surface area contributed by atoms with Crippen LogP contribution in [0.1, 0.15) is 26.7 Å². The highest BCUT2D eigenvalue weighted by molar-refractivity contribution is 5.88. The molecule has 0 rings (SSSR count). The fourth-order valence-corrected chi connectivity index (χ4v) is 1.13. The first-order chi connectivity index (χ1) is 7.11. The minimum absolute atomic E-state index is 0.356. The maximum absolute atomic E-state index is 11.1. The lowest BCUT2D eigenvalue weighted by atomic mass is 10.2. The lowest BCUT2D eigenvalue weighted by molar-refractivity contribution is -0.138. The van der Waals surface area contributed by atoms with Crippen molar-refractivity contribution >= 4 is 5.97 Å². The molecule has 0 saturated carbocycles. The highest BCUT2D eigenvalue weighted by Crippen LogP contribution is 1.96. The minimum atomic E-state index is -0.380. The average molecular weight is 215 g/mol. The molecule has 0 amide bonds. The van der Waals surface area contributed by atoms with Gasteiger partial charge in [0.2, 0.25) is 0 Å². The van der Waals surface area contributed by atoms with E-state index in [1.165, 1.54) is 0 Å². The molecule has 0 aromatic carbocycles. The Balaban J connectivity index is 3.58. The second-order valence-electron chi connectivity index (χ2n) is 3.40. The van der Waals surface area contributed by atoms with Crippen molar-refractivity contribution in [3.8, 4) is 0 Å². The summed E-state index contributed by atoms with van der Waals surface area (Å²) in [5.41, 5.74) is 0.389. The summed E-state index contributed by atoms with van der Waals surface area (Å²) < 4.78 is 4.77. The number of aliphatic hydroxyl groups excluding tert-OH is 1. The van der Waals surface area contributed by atoms with Crippen LogP contribution in [-0.2, 0) is 9.53 Å². The third kappa shape index (κ3) is 7.11. The summed E-state index contributed by atoms with van der Waals surface area (Å²) in [6.45, 7) is 8.56. The predicted octanol–water partition coefficient (Wildman–Crippen LogP) is 0.856. The van der Waals surface area contributed by atoms with Crippen molar-refractivity contribution < 1.29 is 14.6 Å². The molecule has 0 aliphatic carbocycles. The summed E-state index contributed by atoms with van der Waals surface area (Å²) in [5, 5.41) is 12.4. The van der Waals surface area contributed by atoms with Crippen LogP contribution in [-0.4, -0.2) is 36.9 Å². The van der Waals surface area contributed by atoms with Gasteiger partial charge in [-0.2, -0.15) is 0 Å². The van der Waals surface area contributed by atoms with Crippen molar-refractivity contribution in [1.82, 2.24) is 5.32 Å². The zero-order chi connectivity index (χ0) is 11.7. The molecule has 0 aliphatic rings. The maximum atomic E-state index is 11.1. The summed E-state index contributed by atoms with van der Waals surface area (Å²) in [6, 6.07) is 0. The van der Waals surface area contributed by atoms with Gasteiger partial charge in [-0.15, -0.1) is 0 Å². The molecule has 0 saturated heterocycles. The maximum Gasteiger partial charge on any atom is 0.334 e. The molecule has 0 heterocycles. The van der Waals surface area contributed by atoms with Gasteiger partial charge in [0.1, 0.15) is 0 Å². The van der Waals surface area contributed by atoms with Crippen LogP contribution in [0.5, 0.6) is 0 Å². The lowest BCUT2D eigenvalue weighted by Gasteiger charge is -2.11. The number of esters is 1. The van der Waals surface area contributed by atoms with Crippen LogP contribution in [0.4, 0.5) is 0 Å². The Morgan fingerprint density at radius 1 is 1.53 bits per heavy atom. The largest absolute Gasteiger partial charge is 0.463 e. The number of hydrogen-bond donors (Lipinski definition) is 2. The molecule has 1 atom stereocenters. The van der Waals surface area contributed by atoms with Gasteiger partial charge in [0, 0.05) is 18.7 Å². The van der Waals surface area contributed by atoms with Crippen molar-refractivity contribution in [2.24, 2.45) is 0 Å². The van der Waals surface area contributed by atoms with Gasteiger partial charge >= 0.3 is 5.97 Å². The monoisotopic (exact) mass is 215 g/mol. The molecule has 4 heteroatoms. The minimum Gasteiger partial charge on any atom is -0.463 e. The van der Waals surface area contributed by atoms with Gasteiger partial charge < -0.3 is 15.2 Å². The standard InChI is InChI=1S/C11H21NO3/c1-4-6-10(13)8-12-7-9(3)11(14)15-5-2/h10,12-13H,3-8H2,1-2H3. The summed E-state index contributed by atoms with van der Waals surface area (Å²) in [7, 11) is 0. The quantitative estimate of drug-likeness (QED) is 0.465. The molecule has 0 aliphatic heterocycles. The van der Waals surface area contributed by atoms with E-state index in [0.29, 0.717) is 25.3 Å². The van der Waals surface area contributed by atoms with E-state index in [1.54, 1.807) is 6.92 Å². The van der Waals surface area contributed by atoms with Gasteiger partial charge in [0.25, 0.3) is 0 Å². The Bertz CT molecular complexity index is 204. The van der Waals surface area contributed by atoms with Crippen molar-refractivity contribution in [2.45, 2.75) is 32.8 Å². The lowest BCUT2D eigenvalue weighted by Crippen LogP contribution is -2.29. The molecule has 15 heavy (non-hydrogen) atoms. The molecule has 88 valence electrons. The molecular formula is C11H21NO3. The summed E-state index contributed by atoms with van der Waals surface area (Å²) in [4.78, 5) is 11.1. The molecule has 0 bridgehead atoms. The molecule has 0 aromatic heterocycles. The Morgan fingerprint density at radius 2 is 2.20 bits per heavy atom. The zero-order valence-electron chi connectivity index (χ0n) is 9.58. The van der Waals surface area contributed by atoms with E-state index < -0.39 is 0 Å². The Morgan fingerprint density at radius 3 is 2.73 bits per heavy atom. The van der Waals surface area contributed by atoms with Crippen LogP contribution in [0, 0.1) is 0 Å². The highest BCUT2D eigenvalue weighted by atomic mass is 16.5. The van der Waals surface area contributed by atoms with Crippen LogP contribution in [0.3, 0.4) is 0 Å². The fraction of sp³-hybridized carbons (Fsp3) is 0.727. The number of carbonyl (C=O) groups excluding carboxylic acids is 1. The molecule has 1 unspecified atom stereocenters. The predicted molar refractivity (Wildman–Crippen MR) is 59.6 cm³/mol. The Labute approximate surface area is 91.3 Å².